The van der Waals surface area contributed by atoms with E-state index in [1.54, 1.807) is 0 Å². The van der Waals surface area contributed by atoms with Crippen molar-refractivity contribution in [1.82, 2.24) is 4.90 Å². The van der Waals surface area contributed by atoms with Crippen LogP contribution in [0.4, 0.5) is 0 Å². The zero-order valence-corrected chi connectivity index (χ0v) is 16.0. The molecule has 1 rings (SSSR count). The first-order valence-electron chi connectivity index (χ1n) is 8.42. The van der Waals surface area contributed by atoms with Crippen molar-refractivity contribution in [3.63, 3.8) is 0 Å². The third kappa shape index (κ3) is 4.93. The smallest absolute Gasteiger partial charge is 0.344 e. The van der Waals surface area contributed by atoms with Crippen LogP contribution in [0.25, 0.3) is 0 Å². The first kappa shape index (κ1) is 19.9. The second kappa shape index (κ2) is 6.80. The number of ether oxygens (including phenoxy) is 2. The fraction of sp³-hybridized carbons (Fsp3) is 0.889. The van der Waals surface area contributed by atoms with Gasteiger partial charge in [-0.3, -0.25) is 9.69 Å². The molecule has 0 amide bonds. The Bertz CT molecular complexity index is 436. The van der Waals surface area contributed by atoms with Gasteiger partial charge in [0.1, 0.15) is 6.10 Å². The quantitative estimate of drug-likeness (QED) is 0.726. The van der Waals surface area contributed by atoms with Crippen LogP contribution >= 0.6 is 0 Å². The number of esters is 2. The molecule has 1 saturated heterocycles. The number of hydrogen-bond acceptors (Lipinski definition) is 5. The highest BCUT2D eigenvalue weighted by Gasteiger charge is 2.44. The molecule has 0 spiro atoms. The molecule has 5 nitrogen and oxygen atoms in total. The van der Waals surface area contributed by atoms with Crippen LogP contribution in [-0.4, -0.2) is 47.7 Å². The lowest BCUT2D eigenvalue weighted by Gasteiger charge is -2.53. The normalized spacial score (nSPS) is 21.7. The molecule has 0 aromatic carbocycles. The van der Waals surface area contributed by atoms with E-state index in [9.17, 15) is 9.59 Å². The first-order chi connectivity index (χ1) is 10.3. The summed E-state index contributed by atoms with van der Waals surface area (Å²) in [5, 5.41) is 0. The second-order valence-corrected chi connectivity index (χ2v) is 8.52. The van der Waals surface area contributed by atoms with Crippen LogP contribution in [-0.2, 0) is 19.1 Å². The van der Waals surface area contributed by atoms with E-state index in [2.05, 4.69) is 39.6 Å². The van der Waals surface area contributed by atoms with Gasteiger partial charge in [-0.15, -0.1) is 0 Å². The summed E-state index contributed by atoms with van der Waals surface area (Å²) in [6, 6.07) is 0. The Kier molecular flexibility index (Phi) is 5.89. The van der Waals surface area contributed by atoms with Crippen molar-refractivity contribution in [1.29, 1.82) is 0 Å². The molecule has 0 saturated carbocycles. The summed E-state index contributed by atoms with van der Waals surface area (Å²) in [4.78, 5) is 26.3. The van der Waals surface area contributed by atoms with Gasteiger partial charge in [0, 0.05) is 23.9 Å². The molecule has 23 heavy (non-hydrogen) atoms. The van der Waals surface area contributed by atoms with Crippen LogP contribution in [0, 0.1) is 5.41 Å². The highest BCUT2D eigenvalue weighted by Crippen LogP contribution is 2.38. The SMILES string of the molecule is CCC(C)(C)C(=O)OCC(=O)OC1CC(C)(C)N(C)C(C)(C)C1. The average Bonchev–Trinajstić information content (AvgIpc) is 2.41. The van der Waals surface area contributed by atoms with Crippen molar-refractivity contribution in [2.45, 2.75) is 84.9 Å². The summed E-state index contributed by atoms with van der Waals surface area (Å²) in [6.45, 7) is 13.8. The molecule has 0 bridgehead atoms. The fourth-order valence-electron chi connectivity index (χ4n) is 3.05. The molecule has 0 aromatic heterocycles. The number of carbonyl (C=O) groups excluding carboxylic acids is 2. The lowest BCUT2D eigenvalue weighted by molar-refractivity contribution is -0.172. The van der Waals surface area contributed by atoms with E-state index in [1.807, 2.05) is 20.8 Å². The summed E-state index contributed by atoms with van der Waals surface area (Å²) < 4.78 is 10.7. The number of rotatable bonds is 5. The fourth-order valence-corrected chi connectivity index (χ4v) is 3.05. The first-order valence-corrected chi connectivity index (χ1v) is 8.42. The lowest BCUT2D eigenvalue weighted by atomic mass is 9.79. The van der Waals surface area contributed by atoms with E-state index in [4.69, 9.17) is 9.47 Å². The Morgan fingerprint density at radius 1 is 1.13 bits per heavy atom. The largest absolute Gasteiger partial charge is 0.460 e. The molecule has 0 aliphatic carbocycles. The third-order valence-corrected chi connectivity index (χ3v) is 5.33. The molecular formula is C18H33NO4. The van der Waals surface area contributed by atoms with Crippen molar-refractivity contribution < 1.29 is 19.1 Å². The van der Waals surface area contributed by atoms with E-state index in [1.165, 1.54) is 0 Å². The van der Waals surface area contributed by atoms with Gasteiger partial charge < -0.3 is 9.47 Å². The van der Waals surface area contributed by atoms with Crippen molar-refractivity contribution in [3.8, 4) is 0 Å². The van der Waals surface area contributed by atoms with Gasteiger partial charge in [0.25, 0.3) is 0 Å². The Morgan fingerprint density at radius 2 is 1.61 bits per heavy atom. The Labute approximate surface area is 140 Å². The number of carbonyl (C=O) groups is 2. The second-order valence-electron chi connectivity index (χ2n) is 8.52. The van der Waals surface area contributed by atoms with E-state index in [0.717, 1.165) is 12.8 Å². The van der Waals surface area contributed by atoms with Crippen molar-refractivity contribution >= 4 is 11.9 Å². The topological polar surface area (TPSA) is 55.8 Å². The highest BCUT2D eigenvalue weighted by molar-refractivity contribution is 5.79. The van der Waals surface area contributed by atoms with Gasteiger partial charge in [-0.25, -0.2) is 4.79 Å². The van der Waals surface area contributed by atoms with Crippen LogP contribution in [0.1, 0.15) is 67.7 Å². The summed E-state index contributed by atoms with van der Waals surface area (Å²) in [6.07, 6.45) is 2.06. The number of piperidine rings is 1. The molecule has 1 aliphatic heterocycles. The molecule has 0 unspecified atom stereocenters. The maximum Gasteiger partial charge on any atom is 0.344 e. The molecule has 134 valence electrons. The highest BCUT2D eigenvalue weighted by atomic mass is 16.6. The van der Waals surface area contributed by atoms with Crippen molar-refractivity contribution in [2.75, 3.05) is 13.7 Å². The third-order valence-electron chi connectivity index (χ3n) is 5.33. The van der Waals surface area contributed by atoms with Crippen LogP contribution in [0.15, 0.2) is 0 Å². The van der Waals surface area contributed by atoms with E-state index < -0.39 is 11.4 Å². The average molecular weight is 327 g/mol. The van der Waals surface area contributed by atoms with Gasteiger partial charge >= 0.3 is 11.9 Å². The molecule has 1 heterocycles. The molecular weight excluding hydrogens is 294 g/mol. The minimum Gasteiger partial charge on any atom is -0.460 e. The molecule has 0 N–H and O–H groups in total. The van der Waals surface area contributed by atoms with Gasteiger partial charge in [-0.2, -0.15) is 0 Å². The van der Waals surface area contributed by atoms with Gasteiger partial charge in [-0.1, -0.05) is 6.92 Å². The predicted octanol–water partition coefficient (Wildman–Crippen LogP) is 3.16. The van der Waals surface area contributed by atoms with Crippen LogP contribution in [0.5, 0.6) is 0 Å². The number of hydrogen-bond donors (Lipinski definition) is 0. The van der Waals surface area contributed by atoms with Gasteiger partial charge in [-0.05, 0) is 55.0 Å². The number of nitrogens with zero attached hydrogens (tertiary/aromatic N) is 1. The number of likely N-dealkylation sites (tertiary alicyclic amines) is 1. The van der Waals surface area contributed by atoms with Crippen LogP contribution < -0.4 is 0 Å². The summed E-state index contributed by atoms with van der Waals surface area (Å²) >= 11 is 0. The molecule has 5 heteroatoms. The molecule has 1 aliphatic rings. The minimum absolute atomic E-state index is 0.0480. The van der Waals surface area contributed by atoms with Crippen LogP contribution in [0.2, 0.25) is 0 Å². The van der Waals surface area contributed by atoms with Gasteiger partial charge in [0.15, 0.2) is 6.61 Å². The summed E-state index contributed by atoms with van der Waals surface area (Å²) in [7, 11) is 2.10. The molecule has 1 fully saturated rings. The van der Waals surface area contributed by atoms with E-state index in [-0.39, 0.29) is 29.8 Å². The van der Waals surface area contributed by atoms with E-state index in [0.29, 0.717) is 6.42 Å². The Morgan fingerprint density at radius 3 is 2.04 bits per heavy atom. The molecule has 0 atom stereocenters. The molecule has 0 radical (unpaired) electrons. The molecule has 0 aromatic rings. The zero-order chi connectivity index (χ0) is 18.1. The lowest BCUT2D eigenvalue weighted by Crippen LogP contribution is -2.60. The van der Waals surface area contributed by atoms with Gasteiger partial charge in [0.05, 0.1) is 5.41 Å². The van der Waals surface area contributed by atoms with Crippen LogP contribution in [0.3, 0.4) is 0 Å². The zero-order valence-electron chi connectivity index (χ0n) is 16.0. The maximum absolute atomic E-state index is 12.0. The predicted molar refractivity (Wildman–Crippen MR) is 90.1 cm³/mol. The monoisotopic (exact) mass is 327 g/mol. The summed E-state index contributed by atoms with van der Waals surface area (Å²) in [5.74, 6) is -0.826. The van der Waals surface area contributed by atoms with Gasteiger partial charge in [0.2, 0.25) is 0 Å². The van der Waals surface area contributed by atoms with E-state index >= 15 is 0 Å². The summed E-state index contributed by atoms with van der Waals surface area (Å²) in [5.41, 5.74) is -0.668. The minimum atomic E-state index is -0.572. The standard InChI is InChI=1S/C18H33NO4/c1-9-16(2,3)15(21)22-12-14(20)23-13-10-17(4,5)19(8)18(6,7)11-13/h13H,9-12H2,1-8H3. The van der Waals surface area contributed by atoms with Crippen molar-refractivity contribution in [3.05, 3.63) is 0 Å². The van der Waals surface area contributed by atoms with Crippen molar-refractivity contribution in [2.24, 2.45) is 5.41 Å². The maximum atomic E-state index is 12.0. The Balaban J connectivity index is 2.57. The Hall–Kier alpha value is -1.10.